The van der Waals surface area contributed by atoms with E-state index < -0.39 is 11.1 Å². The molecule has 1 N–H and O–H groups in total. The maximum absolute atomic E-state index is 11.2. The highest BCUT2D eigenvalue weighted by Crippen LogP contribution is 2.07. The third-order valence-corrected chi connectivity index (χ3v) is 1.83. The minimum absolute atomic E-state index is 0.157. The summed E-state index contributed by atoms with van der Waals surface area (Å²) in [7, 11) is 0. The molecule has 1 rings (SSSR count). The molecule has 0 aliphatic carbocycles. The lowest BCUT2D eigenvalue weighted by Crippen LogP contribution is -2.20. The quantitative estimate of drug-likeness (QED) is 0.678. The summed E-state index contributed by atoms with van der Waals surface area (Å²) in [6.07, 6.45) is 0.809. The third kappa shape index (κ3) is 1.64. The van der Waals surface area contributed by atoms with E-state index in [9.17, 15) is 24.0 Å². The van der Waals surface area contributed by atoms with Gasteiger partial charge in [-0.3, -0.25) is 24.0 Å². The van der Waals surface area contributed by atoms with Gasteiger partial charge >= 0.3 is 0 Å². The number of nitrogens with one attached hydrogen (secondary N) is 1. The molecule has 76 valence electrons. The lowest BCUT2D eigenvalue weighted by molar-refractivity contribution is 0.107. The van der Waals surface area contributed by atoms with Gasteiger partial charge in [0.05, 0.1) is 16.8 Å². The lowest BCUT2D eigenvalue weighted by atomic mass is 10.0. The fourth-order valence-electron chi connectivity index (χ4n) is 1.13. The molecule has 0 saturated heterocycles. The number of aromatic nitrogens is 1. The highest BCUT2D eigenvalue weighted by atomic mass is 16.1. The van der Waals surface area contributed by atoms with Crippen molar-refractivity contribution in [3.63, 3.8) is 0 Å². The van der Waals surface area contributed by atoms with E-state index in [2.05, 4.69) is 0 Å². The first kappa shape index (κ1) is 10.7. The van der Waals surface area contributed by atoms with Gasteiger partial charge in [-0.2, -0.15) is 0 Å². The second-order valence-electron chi connectivity index (χ2n) is 2.58. The van der Waals surface area contributed by atoms with E-state index in [1.807, 2.05) is 4.98 Å². The summed E-state index contributed by atoms with van der Waals surface area (Å²) in [6, 6.07) is 0. The van der Waals surface area contributed by atoms with Crippen LogP contribution in [-0.2, 0) is 0 Å². The molecule has 0 atom stereocenters. The fraction of sp³-hybridized carbons (Fsp3) is 0. The van der Waals surface area contributed by atoms with Crippen molar-refractivity contribution in [1.29, 1.82) is 0 Å². The second kappa shape index (κ2) is 4.23. The largest absolute Gasteiger partial charge is 0.318 e. The summed E-state index contributed by atoms with van der Waals surface area (Å²) >= 11 is 0. The van der Waals surface area contributed by atoms with Gasteiger partial charge in [0.15, 0.2) is 25.1 Å². The van der Waals surface area contributed by atoms with Gasteiger partial charge in [-0.05, 0) is 0 Å². The summed E-state index contributed by atoms with van der Waals surface area (Å²) in [5.41, 5.74) is -2.31. The van der Waals surface area contributed by atoms with Crippen LogP contribution >= 0.6 is 0 Å². The highest BCUT2D eigenvalue weighted by molar-refractivity contribution is 6.02. The molecule has 0 saturated carbocycles. The van der Waals surface area contributed by atoms with E-state index in [1.165, 1.54) is 0 Å². The molecule has 1 aromatic rings. The van der Waals surface area contributed by atoms with Gasteiger partial charge in [-0.15, -0.1) is 0 Å². The molecule has 6 heteroatoms. The Hall–Kier alpha value is -2.37. The van der Waals surface area contributed by atoms with Gasteiger partial charge in [-0.25, -0.2) is 0 Å². The topological polar surface area (TPSA) is 101 Å². The maximum Gasteiger partial charge on any atom is 0.259 e. The monoisotopic (exact) mass is 207 g/mol. The lowest BCUT2D eigenvalue weighted by Gasteiger charge is -2.02. The van der Waals surface area contributed by atoms with Crippen molar-refractivity contribution >= 4 is 25.1 Å². The van der Waals surface area contributed by atoms with E-state index in [4.69, 9.17) is 0 Å². The number of pyridine rings is 1. The van der Waals surface area contributed by atoms with Crippen molar-refractivity contribution in [2.75, 3.05) is 0 Å². The Labute approximate surface area is 82.9 Å². The molecular weight excluding hydrogens is 202 g/mol. The number of hydrogen-bond donors (Lipinski definition) is 1. The van der Waals surface area contributed by atoms with Gasteiger partial charge < -0.3 is 4.98 Å². The van der Waals surface area contributed by atoms with Gasteiger partial charge in [0.2, 0.25) is 0 Å². The smallest absolute Gasteiger partial charge is 0.259 e. The van der Waals surface area contributed by atoms with Crippen molar-refractivity contribution in [2.45, 2.75) is 0 Å². The third-order valence-electron chi connectivity index (χ3n) is 1.83. The normalized spacial score (nSPS) is 9.33. The van der Waals surface area contributed by atoms with Crippen molar-refractivity contribution < 1.29 is 19.2 Å². The van der Waals surface area contributed by atoms with Gasteiger partial charge in [0.1, 0.15) is 0 Å². The van der Waals surface area contributed by atoms with E-state index in [0.29, 0.717) is 0 Å². The number of carbonyl (C=O) groups is 4. The summed E-state index contributed by atoms with van der Waals surface area (Å²) < 4.78 is 0. The van der Waals surface area contributed by atoms with E-state index in [-0.39, 0.29) is 42.0 Å². The number of carbonyl (C=O) groups excluding carboxylic acids is 4. The van der Waals surface area contributed by atoms with E-state index >= 15 is 0 Å². The average molecular weight is 207 g/mol. The molecule has 0 amide bonds. The molecule has 0 radical (unpaired) electrons. The summed E-state index contributed by atoms with van der Waals surface area (Å²) in [5.74, 6) is 0. The van der Waals surface area contributed by atoms with Gasteiger partial charge in [0.25, 0.3) is 5.56 Å². The van der Waals surface area contributed by atoms with E-state index in [0.717, 1.165) is 0 Å². The minimum atomic E-state index is -0.875. The molecule has 0 aliphatic heterocycles. The first-order valence-corrected chi connectivity index (χ1v) is 3.80. The van der Waals surface area contributed by atoms with Crippen LogP contribution in [0.5, 0.6) is 0 Å². The zero-order valence-electron chi connectivity index (χ0n) is 7.35. The summed E-state index contributed by atoms with van der Waals surface area (Å²) in [4.78, 5) is 55.3. The van der Waals surface area contributed by atoms with Crippen molar-refractivity contribution in [1.82, 2.24) is 4.98 Å². The number of rotatable bonds is 4. The molecule has 6 nitrogen and oxygen atoms in total. The number of aromatic amines is 1. The molecule has 1 aromatic heterocycles. The average Bonchev–Trinajstić information content (AvgIpc) is 2.27. The summed E-state index contributed by atoms with van der Waals surface area (Å²) in [6.45, 7) is 0. The maximum atomic E-state index is 11.2. The molecule has 0 aliphatic rings. The zero-order valence-corrected chi connectivity index (χ0v) is 7.35. The molecule has 15 heavy (non-hydrogen) atoms. The Balaban J connectivity index is 3.82. The van der Waals surface area contributed by atoms with Crippen molar-refractivity contribution in [2.24, 2.45) is 0 Å². The van der Waals surface area contributed by atoms with Gasteiger partial charge in [-0.1, -0.05) is 0 Å². The number of aldehydes is 4. The standard InChI is InChI=1S/C9H5NO5/c11-1-5-6(2-12)8(4-14)10-9(15)7(5)3-13/h1-4H,(H,10,15). The fourth-order valence-corrected chi connectivity index (χ4v) is 1.13. The van der Waals surface area contributed by atoms with Crippen LogP contribution in [0.25, 0.3) is 0 Å². The Morgan fingerprint density at radius 2 is 1.27 bits per heavy atom. The molecule has 0 fully saturated rings. The van der Waals surface area contributed by atoms with Crippen LogP contribution in [0.2, 0.25) is 0 Å². The van der Waals surface area contributed by atoms with Crippen LogP contribution in [0.3, 0.4) is 0 Å². The van der Waals surface area contributed by atoms with Crippen LogP contribution in [-0.4, -0.2) is 30.1 Å². The SMILES string of the molecule is O=Cc1[nH]c(=O)c(C=O)c(C=O)c1C=O. The van der Waals surface area contributed by atoms with Crippen LogP contribution < -0.4 is 5.56 Å². The van der Waals surface area contributed by atoms with Crippen LogP contribution in [0.4, 0.5) is 0 Å². The Kier molecular flexibility index (Phi) is 3.02. The zero-order chi connectivity index (χ0) is 11.4. The first-order valence-electron chi connectivity index (χ1n) is 3.80. The predicted octanol–water partition coefficient (Wildman–Crippen LogP) is -0.375. The van der Waals surface area contributed by atoms with Crippen LogP contribution in [0, 0.1) is 0 Å². The Bertz CT molecular complexity index is 500. The van der Waals surface area contributed by atoms with Crippen molar-refractivity contribution in [3.8, 4) is 0 Å². The minimum Gasteiger partial charge on any atom is -0.318 e. The molecule has 0 aromatic carbocycles. The van der Waals surface area contributed by atoms with E-state index in [1.54, 1.807) is 0 Å². The van der Waals surface area contributed by atoms with Crippen molar-refractivity contribution in [3.05, 3.63) is 32.7 Å². The predicted molar refractivity (Wildman–Crippen MR) is 48.6 cm³/mol. The molecule has 1 heterocycles. The van der Waals surface area contributed by atoms with Crippen LogP contribution in [0.1, 0.15) is 41.6 Å². The Morgan fingerprint density at radius 1 is 0.733 bits per heavy atom. The molecule has 0 unspecified atom stereocenters. The van der Waals surface area contributed by atoms with Crippen LogP contribution in [0.15, 0.2) is 4.79 Å². The number of H-pyrrole nitrogens is 1. The Morgan fingerprint density at radius 3 is 1.67 bits per heavy atom. The number of hydrogen-bond acceptors (Lipinski definition) is 5. The summed E-state index contributed by atoms with van der Waals surface area (Å²) in [5, 5.41) is 0. The molecule has 0 bridgehead atoms. The van der Waals surface area contributed by atoms with Gasteiger partial charge in [0, 0.05) is 5.56 Å². The molecular formula is C9H5NO5. The first-order chi connectivity index (χ1) is 7.19. The highest BCUT2D eigenvalue weighted by Gasteiger charge is 2.15. The second-order valence-corrected chi connectivity index (χ2v) is 2.58. The molecule has 0 spiro atoms.